The minimum Gasteiger partial charge on any atom is -0.392 e. The average molecular weight is 451 g/mol. The van der Waals surface area contributed by atoms with Crippen molar-refractivity contribution in [2.24, 2.45) is 0 Å². The highest BCUT2D eigenvalue weighted by molar-refractivity contribution is 5.39. The summed E-state index contributed by atoms with van der Waals surface area (Å²) in [5, 5.41) is 15.4. The normalized spacial score (nSPS) is 15.1. The lowest BCUT2D eigenvalue weighted by atomic mass is 10.0. The molecule has 0 amide bonds. The number of nitrogens with zero attached hydrogens (tertiary/aromatic N) is 4. The molecule has 0 spiro atoms. The van der Waals surface area contributed by atoms with E-state index in [2.05, 4.69) is 40.5 Å². The number of aliphatic hydroxyl groups is 1. The first-order valence-electron chi connectivity index (χ1n) is 12.1. The maximum atomic E-state index is 14.3. The van der Waals surface area contributed by atoms with Crippen LogP contribution in [0.1, 0.15) is 49.2 Å². The SMILES string of the molecule is CCCC(O)CN(CC)Cc1nn(-c2ccccc2)c2c1CN(Cc1ccccc1F)CC2. The molecule has 0 saturated heterocycles. The van der Waals surface area contributed by atoms with Crippen LogP contribution in [0, 0.1) is 5.82 Å². The van der Waals surface area contributed by atoms with E-state index in [1.807, 2.05) is 30.3 Å². The largest absolute Gasteiger partial charge is 0.392 e. The number of hydrogen-bond donors (Lipinski definition) is 1. The molecule has 1 atom stereocenters. The minimum atomic E-state index is -0.320. The molecule has 2 heterocycles. The van der Waals surface area contributed by atoms with Gasteiger partial charge >= 0.3 is 0 Å². The number of halogens is 1. The van der Waals surface area contributed by atoms with E-state index in [4.69, 9.17) is 5.10 Å². The van der Waals surface area contributed by atoms with Gasteiger partial charge < -0.3 is 5.11 Å². The Morgan fingerprint density at radius 1 is 1.09 bits per heavy atom. The van der Waals surface area contributed by atoms with Crippen LogP contribution in [-0.4, -0.2) is 50.4 Å². The number of aromatic nitrogens is 2. The number of aliphatic hydroxyl groups excluding tert-OH is 1. The molecule has 176 valence electrons. The molecule has 1 unspecified atom stereocenters. The van der Waals surface area contributed by atoms with Gasteiger partial charge in [0.05, 0.1) is 23.2 Å². The van der Waals surface area contributed by atoms with Crippen LogP contribution in [0.2, 0.25) is 0 Å². The predicted octanol–water partition coefficient (Wildman–Crippen LogP) is 4.55. The second-order valence-electron chi connectivity index (χ2n) is 8.94. The molecule has 1 aromatic heterocycles. The van der Waals surface area contributed by atoms with Gasteiger partial charge in [-0.25, -0.2) is 9.07 Å². The fourth-order valence-electron chi connectivity index (χ4n) is 4.69. The maximum absolute atomic E-state index is 14.3. The lowest BCUT2D eigenvalue weighted by Gasteiger charge is -2.29. The van der Waals surface area contributed by atoms with Crippen LogP contribution >= 0.6 is 0 Å². The Labute approximate surface area is 196 Å². The number of fused-ring (bicyclic) bond motifs is 1. The van der Waals surface area contributed by atoms with E-state index < -0.39 is 0 Å². The smallest absolute Gasteiger partial charge is 0.127 e. The molecule has 0 radical (unpaired) electrons. The summed E-state index contributed by atoms with van der Waals surface area (Å²) in [5.41, 5.74) is 5.33. The van der Waals surface area contributed by atoms with Crippen molar-refractivity contribution in [2.45, 2.75) is 58.8 Å². The highest BCUT2D eigenvalue weighted by atomic mass is 19.1. The Bertz CT molecular complexity index is 1040. The summed E-state index contributed by atoms with van der Waals surface area (Å²) in [6.07, 6.45) is 2.33. The van der Waals surface area contributed by atoms with Crippen LogP contribution in [0.15, 0.2) is 54.6 Å². The summed E-state index contributed by atoms with van der Waals surface area (Å²) in [5.74, 6) is -0.148. The van der Waals surface area contributed by atoms with Gasteiger partial charge in [-0.15, -0.1) is 0 Å². The van der Waals surface area contributed by atoms with Crippen molar-refractivity contribution in [3.05, 3.63) is 82.9 Å². The first-order valence-corrected chi connectivity index (χ1v) is 12.1. The molecule has 0 bridgehead atoms. The van der Waals surface area contributed by atoms with Crippen molar-refractivity contribution in [1.29, 1.82) is 0 Å². The first kappa shape index (κ1) is 23.6. The Kier molecular flexibility index (Phi) is 7.91. The van der Waals surface area contributed by atoms with Crippen LogP contribution in [-0.2, 0) is 26.1 Å². The van der Waals surface area contributed by atoms with Crippen molar-refractivity contribution in [2.75, 3.05) is 19.6 Å². The van der Waals surface area contributed by atoms with Crippen LogP contribution in [0.4, 0.5) is 4.39 Å². The van der Waals surface area contributed by atoms with Gasteiger partial charge in [0.2, 0.25) is 0 Å². The summed E-state index contributed by atoms with van der Waals surface area (Å²) >= 11 is 0. The van der Waals surface area contributed by atoms with E-state index in [0.29, 0.717) is 19.6 Å². The second kappa shape index (κ2) is 11.1. The fraction of sp³-hybridized carbons (Fsp3) is 0.444. The van der Waals surface area contributed by atoms with Crippen molar-refractivity contribution in [3.8, 4) is 5.69 Å². The molecule has 0 fully saturated rings. The lowest BCUT2D eigenvalue weighted by molar-refractivity contribution is 0.103. The van der Waals surface area contributed by atoms with Gasteiger partial charge in [-0.3, -0.25) is 9.80 Å². The number of benzene rings is 2. The number of rotatable bonds is 10. The predicted molar refractivity (Wildman–Crippen MR) is 130 cm³/mol. The molecule has 1 N–H and O–H groups in total. The molecule has 1 aliphatic rings. The Morgan fingerprint density at radius 3 is 2.58 bits per heavy atom. The first-order chi connectivity index (χ1) is 16.1. The Morgan fingerprint density at radius 2 is 1.85 bits per heavy atom. The number of hydrogen-bond acceptors (Lipinski definition) is 4. The van der Waals surface area contributed by atoms with E-state index in [-0.39, 0.29) is 11.9 Å². The molecular formula is C27H35FN4O. The minimum absolute atomic E-state index is 0.148. The summed E-state index contributed by atoms with van der Waals surface area (Å²) in [4.78, 5) is 4.58. The zero-order chi connectivity index (χ0) is 23.2. The van der Waals surface area contributed by atoms with E-state index >= 15 is 0 Å². The summed E-state index contributed by atoms with van der Waals surface area (Å²) in [6, 6.07) is 17.3. The molecule has 2 aromatic carbocycles. The van der Waals surface area contributed by atoms with Crippen molar-refractivity contribution >= 4 is 0 Å². The van der Waals surface area contributed by atoms with E-state index in [1.54, 1.807) is 6.07 Å². The zero-order valence-corrected chi connectivity index (χ0v) is 19.8. The quantitative estimate of drug-likeness (QED) is 0.492. The highest BCUT2D eigenvalue weighted by Gasteiger charge is 2.27. The standard InChI is InChI=1S/C27H35FN4O/c1-3-10-23(33)18-30(4-2)20-26-24-19-31(17-21-11-8-9-14-25(21)28)16-15-27(24)32(29-26)22-12-6-5-7-13-22/h5-9,11-14,23,33H,3-4,10,15-20H2,1-2H3. The molecule has 5 nitrogen and oxygen atoms in total. The van der Waals surface area contributed by atoms with Gasteiger partial charge in [0.15, 0.2) is 0 Å². The summed E-state index contributed by atoms with van der Waals surface area (Å²) < 4.78 is 16.4. The van der Waals surface area contributed by atoms with Gasteiger partial charge in [0, 0.05) is 50.3 Å². The van der Waals surface area contributed by atoms with E-state index in [9.17, 15) is 9.50 Å². The highest BCUT2D eigenvalue weighted by Crippen LogP contribution is 2.27. The molecule has 6 heteroatoms. The molecule has 0 aliphatic carbocycles. The third kappa shape index (κ3) is 5.69. The maximum Gasteiger partial charge on any atom is 0.127 e. The Balaban J connectivity index is 1.61. The van der Waals surface area contributed by atoms with Gasteiger partial charge in [0.1, 0.15) is 5.82 Å². The van der Waals surface area contributed by atoms with E-state index in [1.165, 1.54) is 17.3 Å². The van der Waals surface area contributed by atoms with Crippen molar-refractivity contribution in [1.82, 2.24) is 19.6 Å². The lowest BCUT2D eigenvalue weighted by Crippen LogP contribution is -2.34. The van der Waals surface area contributed by atoms with Gasteiger partial charge in [-0.2, -0.15) is 5.10 Å². The third-order valence-corrected chi connectivity index (χ3v) is 6.48. The number of likely N-dealkylation sites (N-methyl/N-ethyl adjacent to an activating group) is 1. The van der Waals surface area contributed by atoms with Gasteiger partial charge in [-0.1, -0.05) is 56.7 Å². The van der Waals surface area contributed by atoms with E-state index in [0.717, 1.165) is 55.8 Å². The molecule has 4 rings (SSSR count). The fourth-order valence-corrected chi connectivity index (χ4v) is 4.69. The monoisotopic (exact) mass is 450 g/mol. The van der Waals surface area contributed by atoms with Crippen LogP contribution in [0.5, 0.6) is 0 Å². The molecule has 1 aliphatic heterocycles. The molecule has 0 saturated carbocycles. The van der Waals surface area contributed by atoms with Crippen LogP contribution < -0.4 is 0 Å². The van der Waals surface area contributed by atoms with Crippen LogP contribution in [0.25, 0.3) is 5.69 Å². The van der Waals surface area contributed by atoms with Gasteiger partial charge in [0.25, 0.3) is 0 Å². The van der Waals surface area contributed by atoms with Crippen LogP contribution in [0.3, 0.4) is 0 Å². The van der Waals surface area contributed by atoms with Gasteiger partial charge in [-0.05, 0) is 31.2 Å². The molecule has 33 heavy (non-hydrogen) atoms. The average Bonchev–Trinajstić information content (AvgIpc) is 3.18. The third-order valence-electron chi connectivity index (χ3n) is 6.48. The topological polar surface area (TPSA) is 44.5 Å². The van der Waals surface area contributed by atoms with Crippen molar-refractivity contribution < 1.29 is 9.50 Å². The Hall–Kier alpha value is -2.54. The zero-order valence-electron chi connectivity index (χ0n) is 19.8. The molecular weight excluding hydrogens is 415 g/mol. The summed E-state index contributed by atoms with van der Waals surface area (Å²) in [7, 11) is 0. The van der Waals surface area contributed by atoms with Crippen molar-refractivity contribution in [3.63, 3.8) is 0 Å². The summed E-state index contributed by atoms with van der Waals surface area (Å²) in [6.45, 7) is 8.64. The second-order valence-corrected chi connectivity index (χ2v) is 8.94. The molecule has 3 aromatic rings. The number of para-hydroxylation sites is 1.